The van der Waals surface area contributed by atoms with Gasteiger partial charge in [0.1, 0.15) is 0 Å². The molecular weight excluding hydrogens is 149 g/mol. The van der Waals surface area contributed by atoms with Crippen LogP contribution < -0.4 is 35.3 Å². The SMILES string of the molecule is NCCc1ccccc1.[Na+].[OH-]. The topological polar surface area (TPSA) is 56.0 Å². The van der Waals surface area contributed by atoms with Crippen molar-refractivity contribution in [2.75, 3.05) is 6.54 Å². The van der Waals surface area contributed by atoms with Gasteiger partial charge >= 0.3 is 29.6 Å². The third-order valence-corrected chi connectivity index (χ3v) is 1.28. The van der Waals surface area contributed by atoms with Crippen LogP contribution >= 0.6 is 0 Å². The van der Waals surface area contributed by atoms with Gasteiger partial charge in [-0.2, -0.15) is 0 Å². The van der Waals surface area contributed by atoms with Gasteiger partial charge in [-0.1, -0.05) is 30.3 Å². The van der Waals surface area contributed by atoms with Crippen molar-refractivity contribution in [1.29, 1.82) is 0 Å². The summed E-state index contributed by atoms with van der Waals surface area (Å²) in [7, 11) is 0. The Morgan fingerprint density at radius 3 is 2.09 bits per heavy atom. The van der Waals surface area contributed by atoms with Gasteiger partial charge in [0.2, 0.25) is 0 Å². The Hall–Kier alpha value is 0.140. The molecule has 0 aliphatic rings. The molecule has 0 heterocycles. The van der Waals surface area contributed by atoms with Gasteiger partial charge in [-0.3, -0.25) is 0 Å². The minimum Gasteiger partial charge on any atom is -0.870 e. The van der Waals surface area contributed by atoms with E-state index in [1.807, 2.05) is 18.2 Å². The summed E-state index contributed by atoms with van der Waals surface area (Å²) in [6, 6.07) is 10.3. The largest absolute Gasteiger partial charge is 1.00 e. The molecule has 1 aromatic carbocycles. The van der Waals surface area contributed by atoms with Crippen LogP contribution in [0.4, 0.5) is 0 Å². The summed E-state index contributed by atoms with van der Waals surface area (Å²) in [4.78, 5) is 0. The zero-order valence-electron chi connectivity index (χ0n) is 6.83. The van der Waals surface area contributed by atoms with Crippen molar-refractivity contribution >= 4 is 0 Å². The molecule has 0 bridgehead atoms. The van der Waals surface area contributed by atoms with Crippen LogP contribution in [0.3, 0.4) is 0 Å². The predicted octanol–water partition coefficient (Wildman–Crippen LogP) is -1.98. The summed E-state index contributed by atoms with van der Waals surface area (Å²) in [5.41, 5.74) is 6.68. The van der Waals surface area contributed by atoms with Gasteiger partial charge in [-0.25, -0.2) is 0 Å². The van der Waals surface area contributed by atoms with Crippen LogP contribution in [-0.2, 0) is 6.42 Å². The molecule has 0 atom stereocenters. The van der Waals surface area contributed by atoms with Crippen LogP contribution in [0.25, 0.3) is 0 Å². The maximum atomic E-state index is 5.36. The second-order valence-electron chi connectivity index (χ2n) is 2.02. The maximum Gasteiger partial charge on any atom is 1.00 e. The first-order valence-electron chi connectivity index (χ1n) is 3.17. The molecule has 0 saturated carbocycles. The molecule has 0 saturated heterocycles. The number of rotatable bonds is 2. The molecular formula is C8H12NNaO. The molecule has 0 fully saturated rings. The Bertz CT molecular complexity index is 167. The van der Waals surface area contributed by atoms with Crippen molar-refractivity contribution < 1.29 is 35.0 Å². The fraction of sp³-hybridized carbons (Fsp3) is 0.250. The summed E-state index contributed by atoms with van der Waals surface area (Å²) >= 11 is 0. The summed E-state index contributed by atoms with van der Waals surface area (Å²) in [5, 5.41) is 0. The predicted molar refractivity (Wildman–Crippen MR) is 41.1 cm³/mol. The van der Waals surface area contributed by atoms with E-state index in [1.54, 1.807) is 0 Å². The number of hydrogen-bond donors (Lipinski definition) is 1. The van der Waals surface area contributed by atoms with E-state index in [1.165, 1.54) is 5.56 Å². The van der Waals surface area contributed by atoms with E-state index in [9.17, 15) is 0 Å². The van der Waals surface area contributed by atoms with Gasteiger partial charge in [-0.15, -0.1) is 0 Å². The average molecular weight is 161 g/mol. The monoisotopic (exact) mass is 161 g/mol. The summed E-state index contributed by atoms with van der Waals surface area (Å²) in [6.45, 7) is 0.740. The fourth-order valence-electron chi connectivity index (χ4n) is 0.811. The van der Waals surface area contributed by atoms with E-state index in [-0.39, 0.29) is 35.0 Å². The van der Waals surface area contributed by atoms with Gasteiger partial charge in [0.15, 0.2) is 0 Å². The van der Waals surface area contributed by atoms with E-state index < -0.39 is 0 Å². The van der Waals surface area contributed by atoms with Crippen molar-refractivity contribution in [1.82, 2.24) is 0 Å². The molecule has 1 rings (SSSR count). The minimum absolute atomic E-state index is 0. The standard InChI is InChI=1S/C8H11N.Na.H2O/c9-7-6-8-4-2-1-3-5-8;;/h1-5H,6-7,9H2;;1H2/q;+1;/p-1. The molecule has 0 spiro atoms. The van der Waals surface area contributed by atoms with Crippen LogP contribution in [0.5, 0.6) is 0 Å². The normalized spacial score (nSPS) is 7.73. The van der Waals surface area contributed by atoms with E-state index in [0.717, 1.165) is 13.0 Å². The zero-order valence-corrected chi connectivity index (χ0v) is 8.83. The molecule has 0 aliphatic carbocycles. The van der Waals surface area contributed by atoms with E-state index >= 15 is 0 Å². The first-order valence-corrected chi connectivity index (χ1v) is 3.17. The molecule has 56 valence electrons. The quantitative estimate of drug-likeness (QED) is 0.511. The van der Waals surface area contributed by atoms with Gasteiger partial charge < -0.3 is 11.2 Å². The van der Waals surface area contributed by atoms with Gasteiger partial charge in [0.05, 0.1) is 0 Å². The summed E-state index contributed by atoms with van der Waals surface area (Å²) in [5.74, 6) is 0. The fourth-order valence-corrected chi connectivity index (χ4v) is 0.811. The Labute approximate surface area is 89.4 Å². The molecule has 1 aromatic rings. The van der Waals surface area contributed by atoms with Crippen molar-refractivity contribution in [3.05, 3.63) is 35.9 Å². The zero-order chi connectivity index (χ0) is 6.53. The van der Waals surface area contributed by atoms with Crippen LogP contribution in [0.2, 0.25) is 0 Å². The van der Waals surface area contributed by atoms with Crippen LogP contribution in [0.1, 0.15) is 5.56 Å². The Morgan fingerprint density at radius 2 is 1.64 bits per heavy atom. The van der Waals surface area contributed by atoms with Crippen molar-refractivity contribution in [2.24, 2.45) is 5.73 Å². The Balaban J connectivity index is 0. The van der Waals surface area contributed by atoms with Crippen LogP contribution in [0.15, 0.2) is 30.3 Å². The maximum absolute atomic E-state index is 5.36. The molecule has 0 aromatic heterocycles. The first-order chi connectivity index (χ1) is 4.43. The molecule has 3 heteroatoms. The molecule has 0 amide bonds. The molecule has 0 unspecified atom stereocenters. The van der Waals surface area contributed by atoms with Crippen molar-refractivity contribution in [3.8, 4) is 0 Å². The number of nitrogens with two attached hydrogens (primary N) is 1. The third kappa shape index (κ3) is 5.41. The van der Waals surface area contributed by atoms with Gasteiger partial charge in [-0.05, 0) is 18.5 Å². The summed E-state index contributed by atoms with van der Waals surface area (Å²) < 4.78 is 0. The second-order valence-corrected chi connectivity index (χ2v) is 2.02. The smallest absolute Gasteiger partial charge is 0.870 e. The Morgan fingerprint density at radius 1 is 1.09 bits per heavy atom. The number of hydrogen-bond acceptors (Lipinski definition) is 2. The molecule has 2 nitrogen and oxygen atoms in total. The van der Waals surface area contributed by atoms with E-state index in [0.29, 0.717) is 0 Å². The van der Waals surface area contributed by atoms with Crippen molar-refractivity contribution in [2.45, 2.75) is 6.42 Å². The molecule has 0 aliphatic heterocycles. The van der Waals surface area contributed by atoms with Gasteiger partial charge in [0, 0.05) is 0 Å². The Kier molecular flexibility index (Phi) is 10.3. The third-order valence-electron chi connectivity index (χ3n) is 1.28. The minimum atomic E-state index is 0. The molecule has 3 N–H and O–H groups in total. The van der Waals surface area contributed by atoms with Crippen LogP contribution in [0, 0.1) is 0 Å². The number of benzene rings is 1. The van der Waals surface area contributed by atoms with E-state index in [2.05, 4.69) is 12.1 Å². The van der Waals surface area contributed by atoms with Gasteiger partial charge in [0.25, 0.3) is 0 Å². The second kappa shape index (κ2) is 8.24. The average Bonchev–Trinajstić information content (AvgIpc) is 1.91. The summed E-state index contributed by atoms with van der Waals surface area (Å²) in [6.07, 6.45) is 0.987. The van der Waals surface area contributed by atoms with Crippen molar-refractivity contribution in [3.63, 3.8) is 0 Å². The molecule has 0 radical (unpaired) electrons. The first kappa shape index (κ1) is 13.7. The molecule has 11 heavy (non-hydrogen) atoms. The van der Waals surface area contributed by atoms with Crippen LogP contribution in [-0.4, -0.2) is 12.0 Å². The van der Waals surface area contributed by atoms with E-state index in [4.69, 9.17) is 5.73 Å².